The molecule has 0 spiro atoms. The molecule has 0 aromatic heterocycles. The van der Waals surface area contributed by atoms with E-state index in [0.717, 1.165) is 32.2 Å². The maximum atomic E-state index is 7.27. The van der Waals surface area contributed by atoms with Crippen LogP contribution >= 0.6 is 24.8 Å². The number of halogens is 2. The van der Waals surface area contributed by atoms with E-state index in [9.17, 15) is 0 Å². The second-order valence-electron chi connectivity index (χ2n) is 2.46. The number of unbranched alkanes of at least 4 members (excludes halogenated alkanes) is 2. The van der Waals surface area contributed by atoms with Crippen LogP contribution < -0.4 is 5.73 Å². The van der Waals surface area contributed by atoms with Gasteiger partial charge in [0, 0.05) is 6.42 Å². The van der Waals surface area contributed by atoms with Gasteiger partial charge in [0.25, 0.3) is 0 Å². The third-order valence-electron chi connectivity index (χ3n) is 1.43. The summed E-state index contributed by atoms with van der Waals surface area (Å²) in [5, 5.41) is 7.27. The van der Waals surface area contributed by atoms with Crippen LogP contribution in [0.3, 0.4) is 0 Å². The molecule has 0 aliphatic heterocycles. The minimum atomic E-state index is 0. The van der Waals surface area contributed by atoms with Crippen molar-refractivity contribution in [3.05, 3.63) is 0 Å². The summed E-state index contributed by atoms with van der Waals surface area (Å²) in [5.41, 5.74) is 5.32. The molecule has 0 aromatic rings. The number of ether oxygens (including phenoxy) is 1. The van der Waals surface area contributed by atoms with E-state index in [1.54, 1.807) is 0 Å². The molecule has 0 amide bonds. The molecule has 3 nitrogen and oxygen atoms in total. The van der Waals surface area contributed by atoms with Gasteiger partial charge < -0.3 is 10.5 Å². The summed E-state index contributed by atoms with van der Waals surface area (Å²) in [6, 6.07) is 0. The lowest BCUT2D eigenvalue weighted by Gasteiger charge is -2.03. The Labute approximate surface area is 92.7 Å². The van der Waals surface area contributed by atoms with E-state index in [0.29, 0.717) is 12.5 Å². The van der Waals surface area contributed by atoms with Crippen LogP contribution in [0.5, 0.6) is 0 Å². The Morgan fingerprint density at radius 1 is 1.23 bits per heavy atom. The lowest BCUT2D eigenvalue weighted by atomic mass is 10.2. The normalized spacial score (nSPS) is 8.15. The topological polar surface area (TPSA) is 59.1 Å². The Morgan fingerprint density at radius 2 is 1.85 bits per heavy atom. The molecule has 0 saturated carbocycles. The Morgan fingerprint density at radius 3 is 2.31 bits per heavy atom. The van der Waals surface area contributed by atoms with Gasteiger partial charge in [0.05, 0.1) is 6.61 Å². The van der Waals surface area contributed by atoms with Crippen molar-refractivity contribution in [1.82, 2.24) is 0 Å². The molecule has 0 rings (SSSR count). The molecule has 0 bridgehead atoms. The number of nitrogens with one attached hydrogen (secondary N) is 1. The molecular weight excluding hydrogens is 211 g/mol. The summed E-state index contributed by atoms with van der Waals surface area (Å²) in [5.74, 6) is 0.407. The lowest BCUT2D eigenvalue weighted by Crippen LogP contribution is -2.03. The highest BCUT2D eigenvalue weighted by molar-refractivity contribution is 5.85. The molecule has 0 radical (unpaired) electrons. The van der Waals surface area contributed by atoms with Crippen molar-refractivity contribution >= 4 is 30.7 Å². The van der Waals surface area contributed by atoms with Crippen LogP contribution in [0.4, 0.5) is 0 Å². The Kier molecular flexibility index (Phi) is 20.9. The molecular formula is C8H20Cl2N2O. The highest BCUT2D eigenvalue weighted by Gasteiger charge is 1.95. The highest BCUT2D eigenvalue weighted by atomic mass is 35.5. The molecule has 0 atom stereocenters. The molecule has 0 heterocycles. The van der Waals surface area contributed by atoms with Crippen molar-refractivity contribution in [3.8, 4) is 0 Å². The fraction of sp³-hybridized carbons (Fsp3) is 0.875. The first-order chi connectivity index (χ1) is 5.31. The fourth-order valence-electron chi connectivity index (χ4n) is 0.853. The number of hydrogen-bond acceptors (Lipinski definition) is 3. The van der Waals surface area contributed by atoms with Gasteiger partial charge in [0.1, 0.15) is 0 Å². The van der Waals surface area contributed by atoms with Crippen molar-refractivity contribution in [2.75, 3.05) is 13.2 Å². The van der Waals surface area contributed by atoms with Crippen LogP contribution in [0.25, 0.3) is 0 Å². The van der Waals surface area contributed by atoms with Crippen molar-refractivity contribution in [1.29, 1.82) is 5.41 Å². The molecule has 0 saturated heterocycles. The third kappa shape index (κ3) is 14.8. The zero-order valence-electron chi connectivity index (χ0n) is 8.04. The second kappa shape index (κ2) is 14.5. The zero-order chi connectivity index (χ0) is 8.53. The summed E-state index contributed by atoms with van der Waals surface area (Å²) in [6.07, 6.45) is 3.94. The summed E-state index contributed by atoms with van der Waals surface area (Å²) >= 11 is 0. The van der Waals surface area contributed by atoms with E-state index in [2.05, 4.69) is 0 Å². The van der Waals surface area contributed by atoms with Gasteiger partial charge >= 0.3 is 0 Å². The molecule has 0 unspecified atom stereocenters. The van der Waals surface area contributed by atoms with E-state index >= 15 is 0 Å². The van der Waals surface area contributed by atoms with E-state index in [1.165, 1.54) is 0 Å². The number of hydrogen-bond donors (Lipinski definition) is 2. The molecule has 0 fully saturated rings. The zero-order valence-corrected chi connectivity index (χ0v) is 9.68. The van der Waals surface area contributed by atoms with Crippen LogP contribution in [-0.4, -0.2) is 19.0 Å². The Balaban J connectivity index is -0.000000500. The SMILES string of the molecule is CCOC(=N)CCCCCN.Cl.Cl. The Bertz CT molecular complexity index is 112. The van der Waals surface area contributed by atoms with Crippen molar-refractivity contribution in [3.63, 3.8) is 0 Å². The minimum Gasteiger partial charge on any atom is -0.481 e. The standard InChI is InChI=1S/C8H18N2O.2ClH/c1-2-11-8(10)6-4-3-5-7-9;;/h10H,2-7,9H2,1H3;2*1H. The predicted octanol–water partition coefficient (Wildman–Crippen LogP) is 2.36. The molecule has 3 N–H and O–H groups in total. The van der Waals surface area contributed by atoms with E-state index < -0.39 is 0 Å². The second-order valence-corrected chi connectivity index (χ2v) is 2.46. The van der Waals surface area contributed by atoms with Gasteiger partial charge in [-0.2, -0.15) is 0 Å². The molecule has 82 valence electrons. The Hall–Kier alpha value is 0.01000. The average Bonchev–Trinajstić information content (AvgIpc) is 1.99. The molecule has 0 aromatic carbocycles. The van der Waals surface area contributed by atoms with Gasteiger partial charge in [-0.3, -0.25) is 5.41 Å². The maximum Gasteiger partial charge on any atom is 0.180 e. The largest absolute Gasteiger partial charge is 0.481 e. The first kappa shape index (κ1) is 18.7. The maximum absolute atomic E-state index is 7.27. The van der Waals surface area contributed by atoms with E-state index in [4.69, 9.17) is 15.9 Å². The summed E-state index contributed by atoms with van der Waals surface area (Å²) in [4.78, 5) is 0. The van der Waals surface area contributed by atoms with Crippen LogP contribution in [0, 0.1) is 5.41 Å². The van der Waals surface area contributed by atoms with Crippen molar-refractivity contribution in [2.45, 2.75) is 32.6 Å². The van der Waals surface area contributed by atoms with Crippen LogP contribution in [0.15, 0.2) is 0 Å². The van der Waals surface area contributed by atoms with Crippen LogP contribution in [-0.2, 0) is 4.74 Å². The molecule has 0 aliphatic carbocycles. The third-order valence-corrected chi connectivity index (χ3v) is 1.43. The summed E-state index contributed by atoms with van der Waals surface area (Å²) < 4.78 is 4.97. The number of rotatable bonds is 6. The van der Waals surface area contributed by atoms with E-state index in [-0.39, 0.29) is 24.8 Å². The summed E-state index contributed by atoms with van der Waals surface area (Å²) in [6.45, 7) is 3.26. The van der Waals surface area contributed by atoms with E-state index in [1.807, 2.05) is 6.92 Å². The van der Waals surface area contributed by atoms with Crippen molar-refractivity contribution in [2.24, 2.45) is 5.73 Å². The van der Waals surface area contributed by atoms with Crippen molar-refractivity contribution < 1.29 is 4.74 Å². The highest BCUT2D eigenvalue weighted by Crippen LogP contribution is 2.00. The first-order valence-electron chi connectivity index (χ1n) is 4.21. The van der Waals surface area contributed by atoms with Gasteiger partial charge in [-0.05, 0) is 26.3 Å². The fourth-order valence-corrected chi connectivity index (χ4v) is 0.853. The average molecular weight is 231 g/mol. The van der Waals surface area contributed by atoms with Gasteiger partial charge in [-0.15, -0.1) is 24.8 Å². The number of nitrogens with two attached hydrogens (primary N) is 1. The van der Waals surface area contributed by atoms with Crippen LogP contribution in [0.1, 0.15) is 32.6 Å². The molecule has 13 heavy (non-hydrogen) atoms. The quantitative estimate of drug-likeness (QED) is 0.419. The van der Waals surface area contributed by atoms with Gasteiger partial charge in [0.2, 0.25) is 0 Å². The van der Waals surface area contributed by atoms with Gasteiger partial charge in [0.15, 0.2) is 5.90 Å². The smallest absolute Gasteiger partial charge is 0.180 e. The first-order valence-corrected chi connectivity index (χ1v) is 4.21. The minimum absolute atomic E-state index is 0. The summed E-state index contributed by atoms with van der Waals surface area (Å²) in [7, 11) is 0. The van der Waals surface area contributed by atoms with Gasteiger partial charge in [-0.1, -0.05) is 6.42 Å². The lowest BCUT2D eigenvalue weighted by molar-refractivity contribution is 0.312. The monoisotopic (exact) mass is 230 g/mol. The van der Waals surface area contributed by atoms with Crippen LogP contribution in [0.2, 0.25) is 0 Å². The van der Waals surface area contributed by atoms with Gasteiger partial charge in [-0.25, -0.2) is 0 Å². The predicted molar refractivity (Wildman–Crippen MR) is 61.4 cm³/mol. The molecule has 5 heteroatoms. The molecule has 0 aliphatic rings.